The Morgan fingerprint density at radius 3 is 2.46 bits per heavy atom. The van der Waals surface area contributed by atoms with E-state index < -0.39 is 36.2 Å². The SMILES string of the molecule is COC(=O)c1ccc(-c2cn(CC3(F)CCC(F)(F)CC3)c3cc(-c4c(C)noc4C)cnc23)cc1F. The van der Waals surface area contributed by atoms with Crippen molar-refractivity contribution in [3.05, 3.63) is 59.5 Å². The molecule has 0 unspecified atom stereocenters. The van der Waals surface area contributed by atoms with Gasteiger partial charge in [0.15, 0.2) is 0 Å². The van der Waals surface area contributed by atoms with Crippen LogP contribution in [0.2, 0.25) is 0 Å². The summed E-state index contributed by atoms with van der Waals surface area (Å²) < 4.78 is 69.5. The van der Waals surface area contributed by atoms with E-state index in [-0.39, 0.29) is 24.9 Å². The van der Waals surface area contributed by atoms with Crippen LogP contribution >= 0.6 is 0 Å². The molecular formula is C27H25F4N3O3. The largest absolute Gasteiger partial charge is 0.465 e. The van der Waals surface area contributed by atoms with E-state index in [1.165, 1.54) is 12.1 Å². The molecule has 0 atom stereocenters. The molecule has 4 aromatic rings. The van der Waals surface area contributed by atoms with Crippen LogP contribution in [0.5, 0.6) is 0 Å². The molecule has 194 valence electrons. The average molecular weight is 516 g/mol. The Hall–Kier alpha value is -3.69. The molecule has 0 aliphatic heterocycles. The highest BCUT2D eigenvalue weighted by atomic mass is 19.3. The van der Waals surface area contributed by atoms with Crippen LogP contribution in [0, 0.1) is 19.7 Å². The molecule has 1 saturated carbocycles. The Labute approximate surface area is 210 Å². The van der Waals surface area contributed by atoms with Gasteiger partial charge in [0.1, 0.15) is 17.2 Å². The minimum Gasteiger partial charge on any atom is -0.465 e. The predicted molar refractivity (Wildman–Crippen MR) is 129 cm³/mol. The smallest absolute Gasteiger partial charge is 0.340 e. The number of aromatic nitrogens is 3. The molecular weight excluding hydrogens is 490 g/mol. The van der Waals surface area contributed by atoms with Gasteiger partial charge in [-0.2, -0.15) is 0 Å². The third-order valence-corrected chi connectivity index (χ3v) is 7.06. The van der Waals surface area contributed by atoms with Crippen molar-refractivity contribution in [3.8, 4) is 22.3 Å². The third-order valence-electron chi connectivity index (χ3n) is 7.06. The van der Waals surface area contributed by atoms with Crippen molar-refractivity contribution in [1.82, 2.24) is 14.7 Å². The van der Waals surface area contributed by atoms with Crippen molar-refractivity contribution in [3.63, 3.8) is 0 Å². The number of benzene rings is 1. The number of rotatable bonds is 5. The molecule has 5 rings (SSSR count). The fourth-order valence-corrected chi connectivity index (χ4v) is 5.03. The van der Waals surface area contributed by atoms with E-state index in [0.717, 1.165) is 12.7 Å². The summed E-state index contributed by atoms with van der Waals surface area (Å²) in [4.78, 5) is 16.4. The van der Waals surface area contributed by atoms with Crippen LogP contribution in [-0.2, 0) is 11.3 Å². The number of esters is 1. The maximum absolute atomic E-state index is 15.8. The van der Waals surface area contributed by atoms with Crippen LogP contribution in [0.4, 0.5) is 17.6 Å². The second-order valence-electron chi connectivity index (χ2n) is 9.65. The lowest BCUT2D eigenvalue weighted by molar-refractivity contribution is -0.0791. The zero-order chi connectivity index (χ0) is 26.5. The van der Waals surface area contributed by atoms with Gasteiger partial charge < -0.3 is 13.8 Å². The number of fused-ring (bicyclic) bond motifs is 1. The van der Waals surface area contributed by atoms with E-state index in [0.29, 0.717) is 39.2 Å². The lowest BCUT2D eigenvalue weighted by Gasteiger charge is -2.34. The van der Waals surface area contributed by atoms with Crippen LogP contribution in [0.3, 0.4) is 0 Å². The number of methoxy groups -OCH3 is 1. The van der Waals surface area contributed by atoms with E-state index in [1.807, 2.05) is 6.07 Å². The third kappa shape index (κ3) is 4.60. The van der Waals surface area contributed by atoms with Crippen molar-refractivity contribution >= 4 is 17.0 Å². The fourth-order valence-electron chi connectivity index (χ4n) is 5.03. The van der Waals surface area contributed by atoms with Gasteiger partial charge in [0.25, 0.3) is 0 Å². The van der Waals surface area contributed by atoms with Crippen LogP contribution in [0.25, 0.3) is 33.3 Å². The Morgan fingerprint density at radius 2 is 1.84 bits per heavy atom. The Bertz CT molecular complexity index is 1480. The second kappa shape index (κ2) is 9.00. The zero-order valence-corrected chi connectivity index (χ0v) is 20.6. The van der Waals surface area contributed by atoms with Crippen molar-refractivity contribution in [1.29, 1.82) is 0 Å². The fraction of sp³-hybridized carbons (Fsp3) is 0.370. The summed E-state index contributed by atoms with van der Waals surface area (Å²) in [5, 5.41) is 3.99. The first-order valence-corrected chi connectivity index (χ1v) is 11.9. The number of nitrogens with zero attached hydrogens (tertiary/aromatic N) is 3. The van der Waals surface area contributed by atoms with Gasteiger partial charge in [0, 0.05) is 41.9 Å². The summed E-state index contributed by atoms with van der Waals surface area (Å²) in [5.41, 5.74) is 2.04. The molecule has 1 aromatic carbocycles. The minimum absolute atomic E-state index is 0.158. The van der Waals surface area contributed by atoms with Crippen molar-refractivity contribution in [2.45, 2.75) is 57.7 Å². The van der Waals surface area contributed by atoms with E-state index in [2.05, 4.69) is 14.9 Å². The molecule has 0 bridgehead atoms. The summed E-state index contributed by atoms with van der Waals surface area (Å²) in [6.07, 6.45) is 1.71. The van der Waals surface area contributed by atoms with Gasteiger partial charge >= 0.3 is 5.97 Å². The highest BCUT2D eigenvalue weighted by molar-refractivity contribution is 5.96. The number of ether oxygens (including phenoxy) is 1. The Balaban J connectivity index is 1.63. The standard InChI is InChI=1S/C27H25F4N3O3/c1-15-23(16(2)37-33-15)18-11-22-24(32-12-18)20(17-4-5-19(21(28)10-17)25(35)36-3)13-34(22)14-26(29)6-8-27(30,31)9-7-26/h4-5,10-13H,6-9,14H2,1-3H3. The quantitative estimate of drug-likeness (QED) is 0.216. The Morgan fingerprint density at radius 1 is 1.11 bits per heavy atom. The second-order valence-corrected chi connectivity index (χ2v) is 9.65. The van der Waals surface area contributed by atoms with Gasteiger partial charge in [-0.15, -0.1) is 0 Å². The topological polar surface area (TPSA) is 70.2 Å². The number of pyridine rings is 1. The number of hydrogen-bond acceptors (Lipinski definition) is 5. The van der Waals surface area contributed by atoms with Gasteiger partial charge in [-0.25, -0.2) is 22.4 Å². The van der Waals surface area contributed by atoms with Gasteiger partial charge in [0.05, 0.1) is 35.9 Å². The van der Waals surface area contributed by atoms with Gasteiger partial charge in [0.2, 0.25) is 5.92 Å². The number of hydrogen-bond donors (Lipinski definition) is 0. The summed E-state index contributed by atoms with van der Waals surface area (Å²) in [6.45, 7) is 3.41. The van der Waals surface area contributed by atoms with Gasteiger partial charge in [-0.1, -0.05) is 11.2 Å². The summed E-state index contributed by atoms with van der Waals surface area (Å²) >= 11 is 0. The molecule has 0 radical (unpaired) electrons. The lowest BCUT2D eigenvalue weighted by Crippen LogP contribution is -2.38. The molecule has 0 amide bonds. The molecule has 3 aromatic heterocycles. The number of halogens is 4. The van der Waals surface area contributed by atoms with Crippen LogP contribution in [-0.4, -0.2) is 39.4 Å². The number of carbonyl (C=O) groups is 1. The predicted octanol–water partition coefficient (Wildman–Crippen LogP) is 6.82. The van der Waals surface area contributed by atoms with Crippen molar-refractivity contribution < 1.29 is 31.6 Å². The van der Waals surface area contributed by atoms with Crippen molar-refractivity contribution in [2.24, 2.45) is 0 Å². The maximum atomic E-state index is 15.8. The first-order chi connectivity index (χ1) is 17.5. The number of alkyl halides is 3. The minimum atomic E-state index is -2.86. The number of carbonyl (C=O) groups excluding carboxylic acids is 1. The molecule has 1 aliphatic rings. The summed E-state index contributed by atoms with van der Waals surface area (Å²) in [7, 11) is 1.16. The van der Waals surface area contributed by atoms with Gasteiger partial charge in [-0.05, 0) is 50.5 Å². The van der Waals surface area contributed by atoms with E-state index >= 15 is 4.39 Å². The summed E-state index contributed by atoms with van der Waals surface area (Å²) in [5.74, 6) is -3.85. The molecule has 0 saturated heterocycles. The molecule has 10 heteroatoms. The van der Waals surface area contributed by atoms with E-state index in [1.54, 1.807) is 36.9 Å². The molecule has 1 fully saturated rings. The normalized spacial score (nSPS) is 16.7. The van der Waals surface area contributed by atoms with Gasteiger partial charge in [-0.3, -0.25) is 4.98 Å². The van der Waals surface area contributed by atoms with Crippen molar-refractivity contribution in [2.75, 3.05) is 7.11 Å². The molecule has 6 nitrogen and oxygen atoms in total. The summed E-state index contributed by atoms with van der Waals surface area (Å²) in [6, 6.07) is 5.89. The van der Waals surface area contributed by atoms with Crippen LogP contribution in [0.15, 0.2) is 41.2 Å². The zero-order valence-electron chi connectivity index (χ0n) is 20.6. The van der Waals surface area contributed by atoms with Crippen LogP contribution < -0.4 is 0 Å². The maximum Gasteiger partial charge on any atom is 0.340 e. The van der Waals surface area contributed by atoms with E-state index in [4.69, 9.17) is 4.52 Å². The molecule has 37 heavy (non-hydrogen) atoms. The average Bonchev–Trinajstić information content (AvgIpc) is 3.39. The molecule has 3 heterocycles. The monoisotopic (exact) mass is 515 g/mol. The van der Waals surface area contributed by atoms with Crippen LogP contribution in [0.1, 0.15) is 47.5 Å². The highest BCUT2D eigenvalue weighted by Crippen LogP contribution is 2.43. The first kappa shape index (κ1) is 25.0. The molecule has 0 spiro atoms. The molecule has 1 aliphatic carbocycles. The highest BCUT2D eigenvalue weighted by Gasteiger charge is 2.44. The molecule has 0 N–H and O–H groups in total. The number of aryl methyl sites for hydroxylation is 2. The Kier molecular flexibility index (Phi) is 6.08. The lowest BCUT2D eigenvalue weighted by atomic mass is 9.84. The van der Waals surface area contributed by atoms with E-state index in [9.17, 15) is 18.0 Å². The first-order valence-electron chi connectivity index (χ1n) is 11.9.